The zero-order chi connectivity index (χ0) is 30.5. The van der Waals surface area contributed by atoms with Gasteiger partial charge in [-0.1, -0.05) is 136 Å². The van der Waals surface area contributed by atoms with Crippen LogP contribution in [0, 0.1) is 0 Å². The largest absolute Gasteiger partial charge is 0.506 e. The van der Waals surface area contributed by atoms with Gasteiger partial charge in [0.1, 0.15) is 13.2 Å². The molecule has 0 saturated heterocycles. The van der Waals surface area contributed by atoms with Gasteiger partial charge in [-0.25, -0.2) is 4.84 Å². The molecule has 0 radical (unpaired) electrons. The van der Waals surface area contributed by atoms with Gasteiger partial charge in [0.15, 0.2) is 0 Å². The van der Waals surface area contributed by atoms with Gasteiger partial charge in [-0.15, -0.1) is 0 Å². The minimum Gasteiger partial charge on any atom is -0.374 e. The number of hydrogen-bond donors (Lipinski definition) is 0. The van der Waals surface area contributed by atoms with Gasteiger partial charge >= 0.3 is 8.80 Å². The number of hydrogen-bond acceptors (Lipinski definition) is 4. The van der Waals surface area contributed by atoms with Crippen molar-refractivity contribution in [2.45, 2.75) is 181 Å². The molecule has 0 aliphatic rings. The molecule has 41 heavy (non-hydrogen) atoms. The molecule has 1 unspecified atom stereocenters. The summed E-state index contributed by atoms with van der Waals surface area (Å²) < 4.78 is 19.7. The lowest BCUT2D eigenvalue weighted by atomic mass is 10.0. The van der Waals surface area contributed by atoms with Crippen molar-refractivity contribution in [2.24, 2.45) is 0 Å². The summed E-state index contributed by atoms with van der Waals surface area (Å²) in [6.07, 6.45) is 29.6. The molecule has 0 aromatic rings. The molecule has 0 saturated carbocycles. The number of unbranched alkanes of at least 4 members (excludes halogenated alkanes) is 19. The van der Waals surface area contributed by atoms with Crippen LogP contribution in [0.25, 0.3) is 0 Å². The van der Waals surface area contributed by atoms with Gasteiger partial charge in [0.2, 0.25) is 0 Å². The maximum absolute atomic E-state index is 6.60. The molecule has 0 aliphatic carbocycles. The van der Waals surface area contributed by atoms with E-state index in [-0.39, 0.29) is 5.54 Å². The van der Waals surface area contributed by atoms with Crippen LogP contribution in [0.5, 0.6) is 0 Å². The fraction of sp³-hybridized carbons (Fsp3) is 1.00. The Hall–Kier alpha value is 0.0169. The van der Waals surface area contributed by atoms with E-state index in [2.05, 4.69) is 48.7 Å². The highest BCUT2D eigenvalue weighted by Gasteiger charge is 2.50. The van der Waals surface area contributed by atoms with Crippen LogP contribution in [-0.2, 0) is 18.1 Å². The molecule has 5 nitrogen and oxygen atoms in total. The third-order valence-electron chi connectivity index (χ3n) is 8.37. The highest BCUT2D eigenvalue weighted by molar-refractivity contribution is 6.62. The molecule has 0 amide bonds. The van der Waals surface area contributed by atoms with E-state index >= 15 is 0 Å². The SMILES string of the molecule is CCCCCCCCCCCCCC(CO[N+](C)(C)CCCCCCCCCCCC)[Si](OCC)(OCC)OCC. The number of hydroxylamine groups is 3. The molecule has 0 aromatic heterocycles. The van der Waals surface area contributed by atoms with Gasteiger partial charge in [-0.2, -0.15) is 4.65 Å². The molecule has 0 aliphatic heterocycles. The summed E-state index contributed by atoms with van der Waals surface area (Å²) >= 11 is 0. The second kappa shape index (κ2) is 28.8. The molecule has 6 heteroatoms. The lowest BCUT2D eigenvalue weighted by Crippen LogP contribution is -2.53. The Kier molecular flexibility index (Phi) is 28.8. The van der Waals surface area contributed by atoms with E-state index in [1.807, 2.05) is 0 Å². The van der Waals surface area contributed by atoms with Gasteiger partial charge < -0.3 is 13.3 Å². The van der Waals surface area contributed by atoms with E-state index in [4.69, 9.17) is 18.1 Å². The van der Waals surface area contributed by atoms with Crippen molar-refractivity contribution in [3.63, 3.8) is 0 Å². The van der Waals surface area contributed by atoms with Gasteiger partial charge in [0.05, 0.1) is 19.6 Å². The summed E-state index contributed by atoms with van der Waals surface area (Å²) in [5, 5.41) is 0. The summed E-state index contributed by atoms with van der Waals surface area (Å²) in [5.41, 5.74) is 0.186. The van der Waals surface area contributed by atoms with Gasteiger partial charge in [-0.05, 0) is 40.0 Å². The average molecular weight is 603 g/mol. The van der Waals surface area contributed by atoms with Crippen molar-refractivity contribution >= 4 is 8.80 Å². The Morgan fingerprint density at radius 3 is 1.17 bits per heavy atom. The molecular formula is C35H76NO4Si+. The average Bonchev–Trinajstić information content (AvgIpc) is 2.94. The molecule has 0 spiro atoms. The summed E-state index contributed by atoms with van der Waals surface area (Å²) in [6.45, 7) is 14.3. The summed E-state index contributed by atoms with van der Waals surface area (Å²) in [4.78, 5) is 6.60. The molecule has 0 fully saturated rings. The predicted octanol–water partition coefficient (Wildman–Crippen LogP) is 11.0. The van der Waals surface area contributed by atoms with Crippen molar-refractivity contribution < 1.29 is 22.8 Å². The number of rotatable bonds is 33. The first-order chi connectivity index (χ1) is 19.9. The second-order valence-corrected chi connectivity index (χ2v) is 15.6. The molecule has 248 valence electrons. The molecule has 0 N–H and O–H groups in total. The lowest BCUT2D eigenvalue weighted by Gasteiger charge is -2.37. The molecule has 0 rings (SSSR count). The standard InChI is InChI=1S/C35H76NO4Si/c1-8-13-15-17-19-21-23-24-26-28-30-32-35(41(38-10-3,39-11-4)40-12-5)34-37-36(6,7)33-31-29-27-25-22-20-18-16-14-9-2/h35H,8-34H2,1-7H3/q+1. The molecule has 1 atom stereocenters. The van der Waals surface area contributed by atoms with Gasteiger partial charge in [-0.3, -0.25) is 0 Å². The Balaban J connectivity index is 4.64. The van der Waals surface area contributed by atoms with Crippen molar-refractivity contribution in [1.82, 2.24) is 0 Å². The normalized spacial score (nSPS) is 13.2. The highest BCUT2D eigenvalue weighted by atomic mass is 28.4. The fourth-order valence-corrected chi connectivity index (χ4v) is 8.84. The number of quaternary nitrogens is 1. The van der Waals surface area contributed by atoms with E-state index in [9.17, 15) is 0 Å². The summed E-state index contributed by atoms with van der Waals surface area (Å²) in [5.74, 6) is 0. The van der Waals surface area contributed by atoms with E-state index < -0.39 is 8.80 Å². The zero-order valence-corrected chi connectivity index (χ0v) is 30.2. The van der Waals surface area contributed by atoms with Crippen LogP contribution in [-0.4, -0.2) is 60.5 Å². The smallest absolute Gasteiger partial charge is 0.374 e. The Morgan fingerprint density at radius 2 is 0.805 bits per heavy atom. The quantitative estimate of drug-likeness (QED) is 0.0324. The first-order valence-corrected chi connectivity index (χ1v) is 20.1. The van der Waals surface area contributed by atoms with Gasteiger partial charge in [0, 0.05) is 19.8 Å². The maximum atomic E-state index is 6.60. The van der Waals surface area contributed by atoms with E-state index in [0.717, 1.165) is 13.0 Å². The third kappa shape index (κ3) is 23.1. The molecule has 0 heterocycles. The fourth-order valence-electron chi connectivity index (χ4n) is 5.84. The lowest BCUT2D eigenvalue weighted by molar-refractivity contribution is -1.08. The maximum Gasteiger partial charge on any atom is 0.506 e. The van der Waals surface area contributed by atoms with E-state index in [1.54, 1.807) is 0 Å². The minimum atomic E-state index is -2.82. The van der Waals surface area contributed by atoms with Crippen LogP contribution in [0.4, 0.5) is 0 Å². The van der Waals surface area contributed by atoms with Crippen molar-refractivity contribution in [3.05, 3.63) is 0 Å². The van der Waals surface area contributed by atoms with E-state index in [1.165, 1.54) is 135 Å². The van der Waals surface area contributed by atoms with Crippen molar-refractivity contribution in [3.8, 4) is 0 Å². The second-order valence-electron chi connectivity index (χ2n) is 12.7. The predicted molar refractivity (Wildman–Crippen MR) is 180 cm³/mol. The topological polar surface area (TPSA) is 36.9 Å². The Labute approximate surface area is 259 Å². The minimum absolute atomic E-state index is 0.186. The Morgan fingerprint density at radius 1 is 0.463 bits per heavy atom. The van der Waals surface area contributed by atoms with Crippen LogP contribution in [0.3, 0.4) is 0 Å². The first-order valence-electron chi connectivity index (χ1n) is 18.3. The van der Waals surface area contributed by atoms with Crippen molar-refractivity contribution in [2.75, 3.05) is 47.1 Å². The zero-order valence-electron chi connectivity index (χ0n) is 29.2. The molecule has 0 aromatic carbocycles. The van der Waals surface area contributed by atoms with Gasteiger partial charge in [0.25, 0.3) is 0 Å². The Bertz CT molecular complexity index is 517. The molecular weight excluding hydrogens is 526 g/mol. The molecule has 0 bridgehead atoms. The van der Waals surface area contributed by atoms with E-state index in [0.29, 0.717) is 31.1 Å². The van der Waals surface area contributed by atoms with Crippen LogP contribution in [0.1, 0.15) is 176 Å². The third-order valence-corrected chi connectivity index (χ3v) is 11.9. The van der Waals surface area contributed by atoms with Crippen LogP contribution in [0.15, 0.2) is 0 Å². The highest BCUT2D eigenvalue weighted by Crippen LogP contribution is 2.33. The number of nitrogens with zero attached hydrogens (tertiary/aromatic N) is 1. The summed E-state index contributed by atoms with van der Waals surface area (Å²) in [6, 6.07) is 0. The first kappa shape index (κ1) is 41.0. The van der Waals surface area contributed by atoms with Crippen LogP contribution in [0.2, 0.25) is 5.54 Å². The van der Waals surface area contributed by atoms with Crippen LogP contribution < -0.4 is 0 Å². The monoisotopic (exact) mass is 603 g/mol. The summed E-state index contributed by atoms with van der Waals surface area (Å²) in [7, 11) is 1.59. The van der Waals surface area contributed by atoms with Crippen LogP contribution >= 0.6 is 0 Å². The van der Waals surface area contributed by atoms with Crippen molar-refractivity contribution in [1.29, 1.82) is 0 Å².